The maximum Gasteiger partial charge on any atom is 0.0559 e. The van der Waals surface area contributed by atoms with Crippen molar-refractivity contribution < 1.29 is 0 Å². The normalized spacial score (nSPS) is 12.7. The second-order valence-corrected chi connectivity index (χ2v) is 3.73. The van der Waals surface area contributed by atoms with Gasteiger partial charge in [-0.05, 0) is 28.0 Å². The Kier molecular flexibility index (Phi) is 2.43. The van der Waals surface area contributed by atoms with Crippen LogP contribution in [0.1, 0.15) is 17.2 Å². The molecular formula is C11H11NS. The van der Waals surface area contributed by atoms with Crippen LogP contribution in [0.3, 0.4) is 0 Å². The smallest absolute Gasteiger partial charge is 0.0559 e. The fraction of sp³-hybridized carbons (Fsp3) is 0.0909. The summed E-state index contributed by atoms with van der Waals surface area (Å²) >= 11 is 1.68. The second kappa shape index (κ2) is 3.73. The first-order valence-corrected chi connectivity index (χ1v) is 5.15. The quantitative estimate of drug-likeness (QED) is 0.772. The summed E-state index contributed by atoms with van der Waals surface area (Å²) in [7, 11) is 0. The monoisotopic (exact) mass is 189 g/mol. The molecule has 0 saturated heterocycles. The van der Waals surface area contributed by atoms with E-state index in [2.05, 4.69) is 29.0 Å². The molecule has 0 amide bonds. The molecule has 1 atom stereocenters. The van der Waals surface area contributed by atoms with Gasteiger partial charge >= 0.3 is 0 Å². The van der Waals surface area contributed by atoms with E-state index < -0.39 is 0 Å². The van der Waals surface area contributed by atoms with Crippen LogP contribution < -0.4 is 5.73 Å². The summed E-state index contributed by atoms with van der Waals surface area (Å²) in [5.74, 6) is 0. The zero-order chi connectivity index (χ0) is 9.10. The van der Waals surface area contributed by atoms with E-state index in [1.807, 2.05) is 18.2 Å². The Bertz CT molecular complexity index is 353. The molecule has 2 N–H and O–H groups in total. The van der Waals surface area contributed by atoms with Gasteiger partial charge in [0.25, 0.3) is 0 Å². The summed E-state index contributed by atoms with van der Waals surface area (Å²) in [6.07, 6.45) is 0. The van der Waals surface area contributed by atoms with Crippen molar-refractivity contribution in [3.05, 3.63) is 58.3 Å². The van der Waals surface area contributed by atoms with Crippen molar-refractivity contribution in [2.45, 2.75) is 6.04 Å². The molecule has 0 unspecified atom stereocenters. The van der Waals surface area contributed by atoms with E-state index in [0.717, 1.165) is 0 Å². The molecule has 0 aliphatic heterocycles. The van der Waals surface area contributed by atoms with Crippen molar-refractivity contribution in [3.63, 3.8) is 0 Å². The third kappa shape index (κ3) is 1.79. The van der Waals surface area contributed by atoms with Crippen LogP contribution in [0.25, 0.3) is 0 Å². The predicted molar refractivity (Wildman–Crippen MR) is 56.8 cm³/mol. The first-order valence-electron chi connectivity index (χ1n) is 4.20. The van der Waals surface area contributed by atoms with Crippen LogP contribution in [0.15, 0.2) is 47.2 Å². The van der Waals surface area contributed by atoms with Gasteiger partial charge in [-0.25, -0.2) is 0 Å². The van der Waals surface area contributed by atoms with Crippen LogP contribution in [0.4, 0.5) is 0 Å². The highest BCUT2D eigenvalue weighted by molar-refractivity contribution is 7.07. The van der Waals surface area contributed by atoms with Crippen LogP contribution in [-0.2, 0) is 0 Å². The first-order chi connectivity index (χ1) is 6.38. The molecule has 0 spiro atoms. The van der Waals surface area contributed by atoms with Crippen molar-refractivity contribution in [2.24, 2.45) is 5.73 Å². The third-order valence-electron chi connectivity index (χ3n) is 2.06. The van der Waals surface area contributed by atoms with E-state index in [9.17, 15) is 0 Å². The average Bonchev–Trinajstić information content (AvgIpc) is 2.71. The lowest BCUT2D eigenvalue weighted by atomic mass is 10.0. The molecule has 0 fully saturated rings. The second-order valence-electron chi connectivity index (χ2n) is 2.95. The molecule has 1 nitrogen and oxygen atoms in total. The molecule has 2 rings (SSSR count). The minimum absolute atomic E-state index is 0.0208. The van der Waals surface area contributed by atoms with Gasteiger partial charge in [-0.2, -0.15) is 11.3 Å². The van der Waals surface area contributed by atoms with Crippen molar-refractivity contribution >= 4 is 11.3 Å². The van der Waals surface area contributed by atoms with Crippen molar-refractivity contribution in [3.8, 4) is 0 Å². The lowest BCUT2D eigenvalue weighted by molar-refractivity contribution is 0.877. The number of thiophene rings is 1. The SMILES string of the molecule is N[C@H](c1ccccc1)c1ccsc1. The molecule has 1 aromatic carbocycles. The maximum absolute atomic E-state index is 6.07. The highest BCUT2D eigenvalue weighted by Crippen LogP contribution is 2.20. The van der Waals surface area contributed by atoms with Crippen molar-refractivity contribution in [1.29, 1.82) is 0 Å². The molecule has 1 heterocycles. The number of hydrogen-bond acceptors (Lipinski definition) is 2. The Morgan fingerprint density at radius 3 is 2.38 bits per heavy atom. The fourth-order valence-corrected chi connectivity index (χ4v) is 2.00. The van der Waals surface area contributed by atoms with Crippen LogP contribution in [0.5, 0.6) is 0 Å². The van der Waals surface area contributed by atoms with Crippen LogP contribution in [0, 0.1) is 0 Å². The zero-order valence-corrected chi connectivity index (χ0v) is 8.00. The lowest BCUT2D eigenvalue weighted by Gasteiger charge is -2.09. The van der Waals surface area contributed by atoms with Crippen LogP contribution in [0.2, 0.25) is 0 Å². The molecule has 0 saturated carbocycles. The summed E-state index contributed by atoms with van der Waals surface area (Å²) < 4.78 is 0. The number of nitrogens with two attached hydrogens (primary N) is 1. The van der Waals surface area contributed by atoms with Crippen LogP contribution >= 0.6 is 11.3 Å². The Labute approximate surface area is 81.8 Å². The maximum atomic E-state index is 6.07. The molecule has 0 aliphatic carbocycles. The number of hydrogen-bond donors (Lipinski definition) is 1. The molecule has 13 heavy (non-hydrogen) atoms. The van der Waals surface area contributed by atoms with Gasteiger partial charge in [0, 0.05) is 0 Å². The van der Waals surface area contributed by atoms with Gasteiger partial charge in [0.2, 0.25) is 0 Å². The molecule has 66 valence electrons. The Morgan fingerprint density at radius 2 is 1.77 bits per heavy atom. The average molecular weight is 189 g/mol. The van der Waals surface area contributed by atoms with E-state index in [4.69, 9.17) is 5.73 Å². The van der Waals surface area contributed by atoms with E-state index >= 15 is 0 Å². The molecule has 0 radical (unpaired) electrons. The van der Waals surface area contributed by atoms with Gasteiger partial charge in [0.1, 0.15) is 0 Å². The van der Waals surface area contributed by atoms with Crippen molar-refractivity contribution in [2.75, 3.05) is 0 Å². The topological polar surface area (TPSA) is 26.0 Å². The van der Waals surface area contributed by atoms with Crippen LogP contribution in [-0.4, -0.2) is 0 Å². The summed E-state index contributed by atoms with van der Waals surface area (Å²) in [6.45, 7) is 0. The largest absolute Gasteiger partial charge is 0.320 e. The minimum Gasteiger partial charge on any atom is -0.320 e. The standard InChI is InChI=1S/C11H11NS/c12-11(10-6-7-13-8-10)9-4-2-1-3-5-9/h1-8,11H,12H2/t11-/m1/s1. The van der Waals surface area contributed by atoms with E-state index in [0.29, 0.717) is 0 Å². The number of rotatable bonds is 2. The minimum atomic E-state index is 0.0208. The summed E-state index contributed by atoms with van der Waals surface area (Å²) in [4.78, 5) is 0. The Hall–Kier alpha value is -1.12. The number of benzene rings is 1. The van der Waals surface area contributed by atoms with E-state index in [1.165, 1.54) is 11.1 Å². The summed E-state index contributed by atoms with van der Waals surface area (Å²) in [6, 6.07) is 12.2. The molecule has 2 heteroatoms. The molecule has 0 bridgehead atoms. The third-order valence-corrected chi connectivity index (χ3v) is 2.76. The van der Waals surface area contributed by atoms with Gasteiger partial charge < -0.3 is 5.73 Å². The highest BCUT2D eigenvalue weighted by atomic mass is 32.1. The molecule has 0 aliphatic rings. The van der Waals surface area contributed by atoms with Gasteiger partial charge in [-0.15, -0.1) is 0 Å². The highest BCUT2D eigenvalue weighted by Gasteiger charge is 2.07. The van der Waals surface area contributed by atoms with Gasteiger partial charge in [0.15, 0.2) is 0 Å². The van der Waals surface area contributed by atoms with Gasteiger partial charge in [0.05, 0.1) is 6.04 Å². The fourth-order valence-electron chi connectivity index (χ4n) is 1.30. The molecule has 1 aromatic heterocycles. The van der Waals surface area contributed by atoms with E-state index in [-0.39, 0.29) is 6.04 Å². The summed E-state index contributed by atoms with van der Waals surface area (Å²) in [5, 5.41) is 4.15. The Balaban J connectivity index is 2.29. The molecular weight excluding hydrogens is 178 g/mol. The lowest BCUT2D eigenvalue weighted by Crippen LogP contribution is -2.10. The first kappa shape index (κ1) is 8.48. The predicted octanol–water partition coefficient (Wildman–Crippen LogP) is 2.80. The van der Waals surface area contributed by atoms with Gasteiger partial charge in [-0.3, -0.25) is 0 Å². The van der Waals surface area contributed by atoms with Gasteiger partial charge in [-0.1, -0.05) is 30.3 Å². The van der Waals surface area contributed by atoms with Crippen molar-refractivity contribution in [1.82, 2.24) is 0 Å². The molecule has 2 aromatic rings. The zero-order valence-electron chi connectivity index (χ0n) is 7.18. The van der Waals surface area contributed by atoms with E-state index in [1.54, 1.807) is 11.3 Å². The Morgan fingerprint density at radius 1 is 1.00 bits per heavy atom. The summed E-state index contributed by atoms with van der Waals surface area (Å²) in [5.41, 5.74) is 8.43.